The predicted molar refractivity (Wildman–Crippen MR) is 108 cm³/mol. The normalized spacial score (nSPS) is 15.4. The molecule has 7 nitrogen and oxygen atoms in total. The fourth-order valence-electron chi connectivity index (χ4n) is 2.88. The van der Waals surface area contributed by atoms with Crippen molar-refractivity contribution in [1.82, 2.24) is 10.4 Å². The number of amides is 1. The molecular weight excluding hydrogens is 435 g/mol. The van der Waals surface area contributed by atoms with E-state index in [1.54, 1.807) is 19.9 Å². The number of rotatable bonds is 4. The fourth-order valence-corrected chi connectivity index (χ4v) is 3.79. The van der Waals surface area contributed by atoms with Crippen LogP contribution < -0.4 is 14.9 Å². The summed E-state index contributed by atoms with van der Waals surface area (Å²) in [6.07, 6.45) is -5.56. The number of nitrogens with one attached hydrogen (secondary N) is 1. The topological polar surface area (TPSA) is 72.4 Å². The molecule has 2 aromatic carbocycles. The number of ether oxygens (including phenoxy) is 2. The molecule has 3 aromatic rings. The van der Waals surface area contributed by atoms with Gasteiger partial charge in [-0.05, 0) is 49.6 Å². The predicted octanol–water partition coefficient (Wildman–Crippen LogP) is 5.23. The maximum atomic E-state index is 12.5. The molecule has 0 radical (unpaired) electrons. The third kappa shape index (κ3) is 4.66. The van der Waals surface area contributed by atoms with Gasteiger partial charge in [0.2, 0.25) is 5.72 Å². The van der Waals surface area contributed by atoms with Crippen LogP contribution in [0.2, 0.25) is 0 Å². The van der Waals surface area contributed by atoms with Gasteiger partial charge in [0.25, 0.3) is 0 Å². The van der Waals surface area contributed by atoms with Gasteiger partial charge in [0, 0.05) is 16.3 Å². The van der Waals surface area contributed by atoms with Crippen LogP contribution in [0.4, 0.5) is 18.0 Å². The van der Waals surface area contributed by atoms with Crippen LogP contribution in [-0.2, 0) is 4.84 Å². The fraction of sp³-hybridized carbons (Fsp3) is 0.200. The molecule has 0 atom stereocenters. The standard InChI is InChI=1S/C20H16F3N3O4S/c1-19(2)26(24-18(27)28-16-11-13-5-3-4-6-15(13)31-16)17(25-30-19)12-7-9-14(10-8-12)29-20(21,22)23/h3-11H,1-2H3,(H,24,27). The Morgan fingerprint density at radius 1 is 1.16 bits per heavy atom. The van der Waals surface area contributed by atoms with E-state index in [2.05, 4.69) is 15.3 Å². The van der Waals surface area contributed by atoms with Gasteiger partial charge < -0.3 is 14.3 Å². The number of hydrazine groups is 1. The minimum atomic E-state index is -4.79. The highest BCUT2D eigenvalue weighted by Gasteiger charge is 2.40. The Kier molecular flexibility index (Phi) is 5.13. The molecule has 2 heterocycles. The van der Waals surface area contributed by atoms with Crippen LogP contribution in [0.5, 0.6) is 10.8 Å². The number of benzene rings is 2. The summed E-state index contributed by atoms with van der Waals surface area (Å²) in [5, 5.41) is 6.64. The van der Waals surface area contributed by atoms with Crippen LogP contribution in [0.1, 0.15) is 19.4 Å². The lowest BCUT2D eigenvalue weighted by atomic mass is 10.1. The number of carbonyl (C=O) groups is 1. The third-order valence-corrected chi connectivity index (χ3v) is 5.25. The molecule has 0 fully saturated rings. The minimum Gasteiger partial charge on any atom is -0.406 e. The quantitative estimate of drug-likeness (QED) is 0.588. The summed E-state index contributed by atoms with van der Waals surface area (Å²) >= 11 is 1.32. The van der Waals surface area contributed by atoms with Crippen LogP contribution in [0.25, 0.3) is 10.1 Å². The van der Waals surface area contributed by atoms with Crippen molar-refractivity contribution >= 4 is 33.4 Å². The van der Waals surface area contributed by atoms with Crippen LogP contribution in [-0.4, -0.2) is 29.0 Å². The zero-order chi connectivity index (χ0) is 22.2. The van der Waals surface area contributed by atoms with E-state index in [1.165, 1.54) is 28.5 Å². The van der Waals surface area contributed by atoms with E-state index in [0.717, 1.165) is 22.2 Å². The summed E-state index contributed by atoms with van der Waals surface area (Å²) in [4.78, 5) is 17.9. The second-order valence-electron chi connectivity index (χ2n) is 6.97. The van der Waals surface area contributed by atoms with Gasteiger partial charge in [-0.1, -0.05) is 34.7 Å². The Hall–Kier alpha value is -3.47. The Morgan fingerprint density at radius 3 is 2.55 bits per heavy atom. The molecular formula is C20H16F3N3O4S. The first kappa shape index (κ1) is 20.8. The number of carbonyl (C=O) groups excluding carboxylic acids is 1. The van der Waals surface area contributed by atoms with E-state index in [0.29, 0.717) is 10.6 Å². The van der Waals surface area contributed by atoms with Crippen molar-refractivity contribution in [2.24, 2.45) is 5.16 Å². The molecule has 0 spiro atoms. The number of halogens is 3. The maximum absolute atomic E-state index is 12.5. The van der Waals surface area contributed by atoms with Crippen LogP contribution in [0.3, 0.4) is 0 Å². The van der Waals surface area contributed by atoms with Gasteiger partial charge in [0.05, 0.1) is 0 Å². The van der Waals surface area contributed by atoms with Crippen molar-refractivity contribution in [3.05, 3.63) is 60.2 Å². The number of hydrogen-bond acceptors (Lipinski definition) is 7. The van der Waals surface area contributed by atoms with Gasteiger partial charge >= 0.3 is 12.5 Å². The minimum absolute atomic E-state index is 0.192. The smallest absolute Gasteiger partial charge is 0.406 e. The van der Waals surface area contributed by atoms with Crippen LogP contribution in [0, 0.1) is 0 Å². The molecule has 0 bridgehead atoms. The monoisotopic (exact) mass is 451 g/mol. The molecule has 1 aromatic heterocycles. The molecule has 4 rings (SSSR count). The summed E-state index contributed by atoms with van der Waals surface area (Å²) in [7, 11) is 0. The SMILES string of the molecule is CC1(C)ON=C(c2ccc(OC(F)(F)F)cc2)N1NC(=O)Oc1cc2ccccc2s1. The highest BCUT2D eigenvalue weighted by atomic mass is 32.1. The average Bonchev–Trinajstić information content (AvgIpc) is 3.21. The van der Waals surface area contributed by atoms with E-state index in [1.807, 2.05) is 24.3 Å². The van der Waals surface area contributed by atoms with Gasteiger partial charge in [0.15, 0.2) is 10.9 Å². The molecule has 1 aliphatic heterocycles. The summed E-state index contributed by atoms with van der Waals surface area (Å²) in [6.45, 7) is 3.31. The van der Waals surface area contributed by atoms with Gasteiger partial charge in [0.1, 0.15) is 5.75 Å². The molecule has 1 amide bonds. The van der Waals surface area contributed by atoms with E-state index in [9.17, 15) is 18.0 Å². The number of amidine groups is 1. The number of alkyl halides is 3. The zero-order valence-electron chi connectivity index (χ0n) is 16.3. The highest BCUT2D eigenvalue weighted by Crippen LogP contribution is 2.32. The van der Waals surface area contributed by atoms with Crippen molar-refractivity contribution in [2.75, 3.05) is 0 Å². The Bertz CT molecular complexity index is 1110. The first-order chi connectivity index (χ1) is 14.6. The lowest BCUT2D eigenvalue weighted by molar-refractivity contribution is -0.274. The molecule has 11 heteroatoms. The zero-order valence-corrected chi connectivity index (χ0v) is 17.1. The van der Waals surface area contributed by atoms with Crippen molar-refractivity contribution in [2.45, 2.75) is 25.9 Å². The largest absolute Gasteiger partial charge is 0.573 e. The molecule has 0 saturated heterocycles. The number of hydrogen-bond donors (Lipinski definition) is 1. The summed E-state index contributed by atoms with van der Waals surface area (Å²) in [5.41, 5.74) is 1.92. The number of nitrogens with zero attached hydrogens (tertiary/aromatic N) is 2. The molecule has 1 aliphatic rings. The van der Waals surface area contributed by atoms with Gasteiger partial charge in [-0.3, -0.25) is 0 Å². The van der Waals surface area contributed by atoms with Gasteiger partial charge in [-0.2, -0.15) is 0 Å². The van der Waals surface area contributed by atoms with Crippen LogP contribution >= 0.6 is 11.3 Å². The first-order valence-electron chi connectivity index (χ1n) is 9.00. The second kappa shape index (κ2) is 7.65. The molecule has 0 saturated carbocycles. The third-order valence-electron chi connectivity index (χ3n) is 4.25. The van der Waals surface area contributed by atoms with Gasteiger partial charge in [-0.15, -0.1) is 13.2 Å². The Balaban J connectivity index is 1.49. The average molecular weight is 451 g/mol. The first-order valence-corrected chi connectivity index (χ1v) is 9.82. The highest BCUT2D eigenvalue weighted by molar-refractivity contribution is 7.20. The Labute approximate surface area is 178 Å². The van der Waals surface area contributed by atoms with Crippen molar-refractivity contribution in [3.63, 3.8) is 0 Å². The van der Waals surface area contributed by atoms with E-state index in [4.69, 9.17) is 9.57 Å². The van der Waals surface area contributed by atoms with Crippen molar-refractivity contribution in [1.29, 1.82) is 0 Å². The summed E-state index contributed by atoms with van der Waals surface area (Å²) in [5.74, 6) is -0.185. The van der Waals surface area contributed by atoms with Crippen LogP contribution in [0.15, 0.2) is 59.8 Å². The van der Waals surface area contributed by atoms with Crippen molar-refractivity contribution in [3.8, 4) is 10.8 Å². The number of thiophene rings is 1. The van der Waals surface area contributed by atoms with Crippen molar-refractivity contribution < 1.29 is 32.3 Å². The lowest BCUT2D eigenvalue weighted by Crippen LogP contribution is -2.55. The molecule has 0 unspecified atom stereocenters. The molecule has 162 valence electrons. The molecule has 1 N–H and O–H groups in total. The second-order valence-corrected chi connectivity index (χ2v) is 8.01. The number of oxime groups is 1. The summed E-state index contributed by atoms with van der Waals surface area (Å²) < 4.78 is 47.3. The number of fused-ring (bicyclic) bond motifs is 1. The maximum Gasteiger partial charge on any atom is 0.573 e. The lowest BCUT2D eigenvalue weighted by Gasteiger charge is -2.30. The van der Waals surface area contributed by atoms with E-state index in [-0.39, 0.29) is 11.6 Å². The van der Waals surface area contributed by atoms with E-state index < -0.39 is 18.2 Å². The molecule has 31 heavy (non-hydrogen) atoms. The Morgan fingerprint density at radius 2 is 1.87 bits per heavy atom. The van der Waals surface area contributed by atoms with E-state index >= 15 is 0 Å². The molecule has 0 aliphatic carbocycles. The summed E-state index contributed by atoms with van der Waals surface area (Å²) in [6, 6.07) is 14.4. The van der Waals surface area contributed by atoms with Gasteiger partial charge in [-0.25, -0.2) is 15.2 Å².